The normalized spacial score (nSPS) is 17.7. The van der Waals surface area contributed by atoms with Crippen molar-refractivity contribution >= 4 is 22.6 Å². The monoisotopic (exact) mass is 309 g/mol. The Bertz CT molecular complexity index is 646. The Balaban J connectivity index is 1.97. The van der Waals surface area contributed by atoms with Crippen LogP contribution in [-0.2, 0) is 12.4 Å². The van der Waals surface area contributed by atoms with Crippen LogP contribution in [0.15, 0.2) is 12.1 Å². The predicted octanol–water partition coefficient (Wildman–Crippen LogP) is 3.71. The first-order valence-corrected chi connectivity index (χ1v) is 8.09. The minimum atomic E-state index is -0.208. The van der Waals surface area contributed by atoms with Gasteiger partial charge in [-0.2, -0.15) is 0 Å². The van der Waals surface area contributed by atoms with Gasteiger partial charge in [-0.3, -0.25) is 4.90 Å². The molecular weight excluding hydrogens is 289 g/mol. The van der Waals surface area contributed by atoms with Gasteiger partial charge in [0.1, 0.15) is 11.6 Å². The van der Waals surface area contributed by atoms with Crippen molar-refractivity contribution in [3.8, 4) is 0 Å². The second-order valence-corrected chi connectivity index (χ2v) is 6.22. The van der Waals surface area contributed by atoms with Crippen LogP contribution >= 0.6 is 11.6 Å². The molecule has 1 aliphatic rings. The Morgan fingerprint density at radius 3 is 2.71 bits per heavy atom. The topological polar surface area (TPSA) is 21.1 Å². The van der Waals surface area contributed by atoms with Gasteiger partial charge in [-0.15, -0.1) is 11.6 Å². The number of likely N-dealkylation sites (tertiary alicyclic amines) is 1. The smallest absolute Gasteiger partial charge is 0.128 e. The van der Waals surface area contributed by atoms with E-state index in [0.29, 0.717) is 23.0 Å². The molecule has 1 fully saturated rings. The van der Waals surface area contributed by atoms with Crippen molar-refractivity contribution in [3.63, 3.8) is 0 Å². The largest absolute Gasteiger partial charge is 0.325 e. The van der Waals surface area contributed by atoms with Crippen molar-refractivity contribution < 1.29 is 4.39 Å². The SMILES string of the molecule is Cc1cc2c(cc1F)nc(CCl)n2CC(C)N1CCCC1. The molecule has 1 saturated heterocycles. The summed E-state index contributed by atoms with van der Waals surface area (Å²) in [6, 6.07) is 3.83. The number of imidazole rings is 1. The summed E-state index contributed by atoms with van der Waals surface area (Å²) in [7, 11) is 0. The third-order valence-corrected chi connectivity index (χ3v) is 4.68. The average Bonchev–Trinajstić information content (AvgIpc) is 3.09. The number of nitrogens with zero attached hydrogens (tertiary/aromatic N) is 3. The summed E-state index contributed by atoms with van der Waals surface area (Å²) in [6.45, 7) is 7.21. The van der Waals surface area contributed by atoms with Crippen LogP contribution in [0.4, 0.5) is 4.39 Å². The Morgan fingerprint density at radius 1 is 1.33 bits per heavy atom. The van der Waals surface area contributed by atoms with Crippen LogP contribution in [0.2, 0.25) is 0 Å². The van der Waals surface area contributed by atoms with Gasteiger partial charge in [-0.25, -0.2) is 9.37 Å². The van der Waals surface area contributed by atoms with Gasteiger partial charge in [0.2, 0.25) is 0 Å². The highest BCUT2D eigenvalue weighted by atomic mass is 35.5. The average molecular weight is 310 g/mol. The number of hydrogen-bond donors (Lipinski definition) is 0. The van der Waals surface area contributed by atoms with E-state index >= 15 is 0 Å². The van der Waals surface area contributed by atoms with E-state index in [1.54, 1.807) is 6.92 Å². The predicted molar refractivity (Wildman–Crippen MR) is 84.3 cm³/mol. The first-order valence-electron chi connectivity index (χ1n) is 7.55. The van der Waals surface area contributed by atoms with Gasteiger partial charge in [0.15, 0.2) is 0 Å². The number of fused-ring (bicyclic) bond motifs is 1. The van der Waals surface area contributed by atoms with Crippen LogP contribution in [-0.4, -0.2) is 33.6 Å². The Morgan fingerprint density at radius 2 is 2.05 bits per heavy atom. The van der Waals surface area contributed by atoms with E-state index in [9.17, 15) is 4.39 Å². The number of hydrogen-bond acceptors (Lipinski definition) is 2. The summed E-state index contributed by atoms with van der Waals surface area (Å²) in [5.41, 5.74) is 2.33. The molecule has 1 unspecified atom stereocenters. The van der Waals surface area contributed by atoms with E-state index in [-0.39, 0.29) is 5.82 Å². The lowest BCUT2D eigenvalue weighted by atomic mass is 10.2. The molecule has 1 aromatic carbocycles. The fourth-order valence-electron chi connectivity index (χ4n) is 3.17. The highest BCUT2D eigenvalue weighted by molar-refractivity contribution is 6.16. The summed E-state index contributed by atoms with van der Waals surface area (Å²) in [4.78, 5) is 6.99. The third-order valence-electron chi connectivity index (χ3n) is 4.44. The first-order chi connectivity index (χ1) is 10.1. The van der Waals surface area contributed by atoms with E-state index in [1.807, 2.05) is 6.07 Å². The summed E-state index contributed by atoms with van der Waals surface area (Å²) >= 11 is 6.04. The van der Waals surface area contributed by atoms with Gasteiger partial charge in [-0.1, -0.05) is 0 Å². The van der Waals surface area contributed by atoms with Crippen molar-refractivity contribution in [1.29, 1.82) is 0 Å². The number of alkyl halides is 1. The number of benzene rings is 1. The minimum Gasteiger partial charge on any atom is -0.325 e. The first kappa shape index (κ1) is 14.8. The summed E-state index contributed by atoms with van der Waals surface area (Å²) in [5.74, 6) is 0.964. The van der Waals surface area contributed by atoms with E-state index in [0.717, 1.165) is 31.0 Å². The maximum atomic E-state index is 13.7. The van der Waals surface area contributed by atoms with Crippen molar-refractivity contribution in [2.45, 2.75) is 45.2 Å². The molecule has 0 aliphatic carbocycles. The molecule has 21 heavy (non-hydrogen) atoms. The summed E-state index contributed by atoms with van der Waals surface area (Å²) < 4.78 is 15.9. The van der Waals surface area contributed by atoms with Crippen LogP contribution in [0.5, 0.6) is 0 Å². The van der Waals surface area contributed by atoms with Crippen LogP contribution < -0.4 is 0 Å². The second kappa shape index (κ2) is 5.93. The molecule has 0 spiro atoms. The van der Waals surface area contributed by atoms with E-state index in [2.05, 4.69) is 21.4 Å². The van der Waals surface area contributed by atoms with Crippen LogP contribution in [0.1, 0.15) is 31.2 Å². The molecule has 3 rings (SSSR count). The fraction of sp³-hybridized carbons (Fsp3) is 0.562. The molecule has 1 atom stereocenters. The number of rotatable bonds is 4. The Hall–Kier alpha value is -1.13. The van der Waals surface area contributed by atoms with Gasteiger partial charge in [0.05, 0.1) is 16.9 Å². The maximum Gasteiger partial charge on any atom is 0.128 e. The summed E-state index contributed by atoms with van der Waals surface area (Å²) in [5, 5.41) is 0. The molecule has 3 nitrogen and oxygen atoms in total. The molecule has 114 valence electrons. The van der Waals surface area contributed by atoms with E-state index in [1.165, 1.54) is 18.9 Å². The second-order valence-electron chi connectivity index (χ2n) is 5.95. The zero-order chi connectivity index (χ0) is 15.0. The van der Waals surface area contributed by atoms with Gasteiger partial charge >= 0.3 is 0 Å². The highest BCUT2D eigenvalue weighted by Crippen LogP contribution is 2.23. The lowest BCUT2D eigenvalue weighted by Crippen LogP contribution is -2.34. The van der Waals surface area contributed by atoms with Crippen LogP contribution in [0, 0.1) is 12.7 Å². The van der Waals surface area contributed by atoms with E-state index in [4.69, 9.17) is 11.6 Å². The molecule has 0 N–H and O–H groups in total. The van der Waals surface area contributed by atoms with Gasteiger partial charge in [0.25, 0.3) is 0 Å². The van der Waals surface area contributed by atoms with Crippen molar-refractivity contribution in [2.75, 3.05) is 13.1 Å². The van der Waals surface area contributed by atoms with Gasteiger partial charge in [-0.05, 0) is 51.4 Å². The molecular formula is C16H21ClFN3. The lowest BCUT2D eigenvalue weighted by Gasteiger charge is -2.25. The van der Waals surface area contributed by atoms with Crippen LogP contribution in [0.3, 0.4) is 0 Å². The van der Waals surface area contributed by atoms with Crippen LogP contribution in [0.25, 0.3) is 11.0 Å². The number of halogens is 2. The molecule has 1 aromatic heterocycles. The lowest BCUT2D eigenvalue weighted by molar-refractivity contribution is 0.236. The molecule has 0 bridgehead atoms. The molecule has 0 radical (unpaired) electrons. The molecule has 2 heterocycles. The molecule has 5 heteroatoms. The Labute approximate surface area is 129 Å². The molecule has 0 amide bonds. The van der Waals surface area contributed by atoms with Gasteiger partial charge in [0, 0.05) is 18.7 Å². The zero-order valence-electron chi connectivity index (χ0n) is 12.6. The maximum absolute atomic E-state index is 13.7. The number of aromatic nitrogens is 2. The molecule has 1 aliphatic heterocycles. The fourth-order valence-corrected chi connectivity index (χ4v) is 3.37. The minimum absolute atomic E-state index is 0.208. The van der Waals surface area contributed by atoms with Crippen molar-refractivity contribution in [2.24, 2.45) is 0 Å². The highest BCUT2D eigenvalue weighted by Gasteiger charge is 2.21. The van der Waals surface area contributed by atoms with Gasteiger partial charge < -0.3 is 4.57 Å². The summed E-state index contributed by atoms with van der Waals surface area (Å²) in [6.07, 6.45) is 2.56. The van der Waals surface area contributed by atoms with E-state index < -0.39 is 0 Å². The Kier molecular flexibility index (Phi) is 4.18. The third kappa shape index (κ3) is 2.79. The van der Waals surface area contributed by atoms with Crippen molar-refractivity contribution in [3.05, 3.63) is 29.3 Å². The van der Waals surface area contributed by atoms with Crippen molar-refractivity contribution in [1.82, 2.24) is 14.5 Å². The molecule has 0 saturated carbocycles. The quantitative estimate of drug-likeness (QED) is 0.803. The number of aryl methyl sites for hydroxylation is 1. The zero-order valence-corrected chi connectivity index (χ0v) is 13.3. The standard InChI is InChI=1S/C16H21ClFN3/c1-11-7-15-14(8-13(11)18)19-16(9-17)21(15)10-12(2)20-5-3-4-6-20/h7-8,12H,3-6,9-10H2,1-2H3. The molecule has 2 aromatic rings.